The lowest BCUT2D eigenvalue weighted by Gasteiger charge is -2.11. The van der Waals surface area contributed by atoms with E-state index in [0.29, 0.717) is 17.9 Å². The van der Waals surface area contributed by atoms with Gasteiger partial charge in [-0.15, -0.1) is 0 Å². The molecule has 0 fully saturated rings. The van der Waals surface area contributed by atoms with Crippen LogP contribution in [0, 0.1) is 6.92 Å². The van der Waals surface area contributed by atoms with E-state index in [4.69, 9.17) is 4.98 Å². The van der Waals surface area contributed by atoms with Gasteiger partial charge in [0.1, 0.15) is 0 Å². The Bertz CT molecular complexity index is 1390. The van der Waals surface area contributed by atoms with Crippen molar-refractivity contribution >= 4 is 16.8 Å². The summed E-state index contributed by atoms with van der Waals surface area (Å²) in [4.78, 5) is 22.3. The smallest absolute Gasteiger partial charge is 0.252 e. The zero-order valence-corrected chi connectivity index (χ0v) is 17.6. The lowest BCUT2D eigenvalue weighted by Crippen LogP contribution is -2.23. The van der Waals surface area contributed by atoms with Crippen molar-refractivity contribution in [1.29, 1.82) is 0 Å². The Kier molecular flexibility index (Phi) is 5.17. The summed E-state index contributed by atoms with van der Waals surface area (Å²) < 4.78 is 1.69. The van der Waals surface area contributed by atoms with Gasteiger partial charge >= 0.3 is 0 Å². The molecule has 0 bridgehead atoms. The van der Waals surface area contributed by atoms with Gasteiger partial charge in [-0.2, -0.15) is 5.10 Å². The molecule has 3 heterocycles. The number of nitrogens with one attached hydrogen (secondary N) is 1. The summed E-state index contributed by atoms with van der Waals surface area (Å²) in [6.07, 6.45) is 5.26. The van der Waals surface area contributed by atoms with Crippen molar-refractivity contribution in [3.05, 3.63) is 108 Å². The fourth-order valence-corrected chi connectivity index (χ4v) is 3.61. The van der Waals surface area contributed by atoms with Gasteiger partial charge in [0.2, 0.25) is 0 Å². The number of hydrogen-bond acceptors (Lipinski definition) is 4. The number of pyridine rings is 2. The number of aryl methyl sites for hydroxylation is 1. The van der Waals surface area contributed by atoms with Gasteiger partial charge in [-0.05, 0) is 42.8 Å². The highest BCUT2D eigenvalue weighted by molar-refractivity contribution is 6.07. The molecule has 0 saturated heterocycles. The first kappa shape index (κ1) is 19.6. The number of nitrogens with zero attached hydrogens (tertiary/aromatic N) is 4. The van der Waals surface area contributed by atoms with Gasteiger partial charge in [0.15, 0.2) is 5.82 Å². The fourth-order valence-electron chi connectivity index (χ4n) is 3.61. The molecule has 32 heavy (non-hydrogen) atoms. The van der Waals surface area contributed by atoms with Crippen LogP contribution in [0.3, 0.4) is 0 Å². The second kappa shape index (κ2) is 8.43. The zero-order valence-electron chi connectivity index (χ0n) is 17.6. The Labute approximate surface area is 185 Å². The number of para-hydroxylation sites is 1. The Morgan fingerprint density at radius 1 is 0.969 bits per heavy atom. The van der Waals surface area contributed by atoms with Gasteiger partial charge in [0.25, 0.3) is 5.91 Å². The summed E-state index contributed by atoms with van der Waals surface area (Å²) in [5, 5.41) is 8.08. The highest BCUT2D eigenvalue weighted by Gasteiger charge is 2.14. The lowest BCUT2D eigenvalue weighted by atomic mass is 10.0. The molecule has 5 aromatic rings. The van der Waals surface area contributed by atoms with E-state index in [0.717, 1.165) is 27.7 Å². The second-order valence-corrected chi connectivity index (χ2v) is 7.59. The summed E-state index contributed by atoms with van der Waals surface area (Å²) in [5.74, 6) is 0.562. The number of hydrogen-bond donors (Lipinski definition) is 1. The average Bonchev–Trinajstić information content (AvgIpc) is 3.38. The van der Waals surface area contributed by atoms with Gasteiger partial charge in [0.05, 0.1) is 16.8 Å². The summed E-state index contributed by atoms with van der Waals surface area (Å²) in [6.45, 7) is 2.43. The third-order valence-electron chi connectivity index (χ3n) is 5.31. The molecule has 0 radical (unpaired) electrons. The molecule has 3 aromatic heterocycles. The molecule has 0 aliphatic rings. The Balaban J connectivity index is 1.44. The van der Waals surface area contributed by atoms with E-state index >= 15 is 0 Å². The van der Waals surface area contributed by atoms with Crippen molar-refractivity contribution in [1.82, 2.24) is 25.1 Å². The van der Waals surface area contributed by atoms with Crippen LogP contribution < -0.4 is 5.32 Å². The molecule has 0 saturated carbocycles. The number of benzene rings is 2. The SMILES string of the molecule is Cc1ccc(-c2cc(C(=O)NCc3ccnc(-n4cccn4)c3)c3ccccc3n2)cc1. The molecule has 1 amide bonds. The third-order valence-corrected chi connectivity index (χ3v) is 5.31. The quantitative estimate of drug-likeness (QED) is 0.447. The molecular weight excluding hydrogens is 398 g/mol. The summed E-state index contributed by atoms with van der Waals surface area (Å²) in [6, 6.07) is 23.4. The summed E-state index contributed by atoms with van der Waals surface area (Å²) in [5.41, 5.74) is 5.27. The van der Waals surface area contributed by atoms with Gasteiger partial charge in [-0.1, -0.05) is 48.0 Å². The number of carbonyl (C=O) groups excluding carboxylic acids is 1. The highest BCUT2D eigenvalue weighted by Crippen LogP contribution is 2.25. The van der Waals surface area contributed by atoms with E-state index in [1.165, 1.54) is 5.56 Å². The number of amides is 1. The molecule has 1 N–H and O–H groups in total. The van der Waals surface area contributed by atoms with Crippen molar-refractivity contribution in [3.8, 4) is 17.1 Å². The normalized spacial score (nSPS) is 10.9. The highest BCUT2D eigenvalue weighted by atomic mass is 16.1. The molecule has 156 valence electrons. The maximum Gasteiger partial charge on any atom is 0.252 e. The van der Waals surface area contributed by atoms with E-state index in [1.54, 1.807) is 17.1 Å². The number of rotatable bonds is 5. The predicted octanol–water partition coefficient (Wildman–Crippen LogP) is 4.72. The number of aromatic nitrogens is 4. The van der Waals surface area contributed by atoms with Crippen molar-refractivity contribution in [2.45, 2.75) is 13.5 Å². The second-order valence-electron chi connectivity index (χ2n) is 7.59. The maximum atomic E-state index is 13.2. The molecule has 0 atom stereocenters. The Morgan fingerprint density at radius 3 is 2.62 bits per heavy atom. The Morgan fingerprint density at radius 2 is 1.81 bits per heavy atom. The minimum absolute atomic E-state index is 0.144. The van der Waals surface area contributed by atoms with Crippen LogP contribution >= 0.6 is 0 Å². The van der Waals surface area contributed by atoms with Crippen LogP contribution in [0.15, 0.2) is 91.4 Å². The monoisotopic (exact) mass is 419 g/mol. The van der Waals surface area contributed by atoms with Crippen molar-refractivity contribution < 1.29 is 4.79 Å². The van der Waals surface area contributed by atoms with E-state index in [9.17, 15) is 4.79 Å². The lowest BCUT2D eigenvalue weighted by molar-refractivity contribution is 0.0952. The van der Waals surface area contributed by atoms with Gasteiger partial charge < -0.3 is 5.32 Å². The van der Waals surface area contributed by atoms with Crippen LogP contribution in [-0.4, -0.2) is 25.7 Å². The fraction of sp³-hybridized carbons (Fsp3) is 0.0769. The third kappa shape index (κ3) is 3.98. The molecule has 6 heteroatoms. The van der Waals surface area contributed by atoms with Gasteiger partial charge in [-0.3, -0.25) is 4.79 Å². The minimum atomic E-state index is -0.144. The first-order valence-corrected chi connectivity index (χ1v) is 10.4. The Hall–Kier alpha value is -4.32. The average molecular weight is 419 g/mol. The van der Waals surface area contributed by atoms with E-state index in [-0.39, 0.29) is 5.91 Å². The first-order valence-electron chi connectivity index (χ1n) is 10.4. The van der Waals surface area contributed by atoms with Crippen LogP contribution in [0.2, 0.25) is 0 Å². The number of fused-ring (bicyclic) bond motifs is 1. The molecule has 0 unspecified atom stereocenters. The molecule has 0 aliphatic carbocycles. The van der Waals surface area contributed by atoms with Crippen LogP contribution in [0.5, 0.6) is 0 Å². The van der Waals surface area contributed by atoms with Crippen LogP contribution in [-0.2, 0) is 6.54 Å². The largest absolute Gasteiger partial charge is 0.348 e. The van der Waals surface area contributed by atoms with Crippen LogP contribution in [0.25, 0.3) is 28.0 Å². The molecule has 0 aliphatic heterocycles. The van der Waals surface area contributed by atoms with Crippen molar-refractivity contribution in [2.75, 3.05) is 0 Å². The minimum Gasteiger partial charge on any atom is -0.348 e. The van der Waals surface area contributed by atoms with E-state index < -0.39 is 0 Å². The first-order chi connectivity index (χ1) is 15.7. The van der Waals surface area contributed by atoms with Crippen molar-refractivity contribution in [3.63, 3.8) is 0 Å². The van der Waals surface area contributed by atoms with Crippen LogP contribution in [0.1, 0.15) is 21.5 Å². The molecule has 6 nitrogen and oxygen atoms in total. The van der Waals surface area contributed by atoms with Gasteiger partial charge in [0, 0.05) is 36.1 Å². The van der Waals surface area contributed by atoms with Gasteiger partial charge in [-0.25, -0.2) is 14.6 Å². The molecular formula is C26H21N5O. The predicted molar refractivity (Wildman–Crippen MR) is 124 cm³/mol. The van der Waals surface area contributed by atoms with Crippen molar-refractivity contribution in [2.24, 2.45) is 0 Å². The summed E-state index contributed by atoms with van der Waals surface area (Å²) >= 11 is 0. The molecule has 0 spiro atoms. The topological polar surface area (TPSA) is 72.7 Å². The zero-order chi connectivity index (χ0) is 21.9. The van der Waals surface area contributed by atoms with E-state index in [1.807, 2.05) is 85.9 Å². The maximum absolute atomic E-state index is 13.2. The molecule has 5 rings (SSSR count). The van der Waals surface area contributed by atoms with E-state index in [2.05, 4.69) is 15.4 Å². The molecule has 2 aromatic carbocycles. The summed E-state index contributed by atoms with van der Waals surface area (Å²) in [7, 11) is 0. The standard InChI is InChI=1S/C26H21N5O/c1-18-7-9-20(10-8-18)24-16-22(21-5-2-3-6-23(21)30-24)26(32)28-17-19-11-13-27-25(15-19)31-14-4-12-29-31/h2-16H,17H2,1H3,(H,28,32). The number of carbonyl (C=O) groups is 1. The van der Waals surface area contributed by atoms with Crippen LogP contribution in [0.4, 0.5) is 0 Å².